The van der Waals surface area contributed by atoms with E-state index < -0.39 is 78.6 Å². The van der Waals surface area contributed by atoms with E-state index in [4.69, 9.17) is 30.0 Å². The molecule has 0 spiro atoms. The average Bonchev–Trinajstić information content (AvgIpc) is 3.72. The highest BCUT2D eigenvalue weighted by Crippen LogP contribution is 2.67. The Morgan fingerprint density at radius 3 is 2.36 bits per heavy atom. The molecule has 8 atom stereocenters. The number of aliphatic hydroxyl groups is 1. The maximum absolute atomic E-state index is 12.9. The molecule has 0 aromatic carbocycles. The highest BCUT2D eigenvalue weighted by molar-refractivity contribution is 7.66. The Bertz CT molecular complexity index is 2350. The van der Waals surface area contributed by atoms with Gasteiger partial charge in [-0.3, -0.25) is 43.1 Å². The number of nitrogen functional groups attached to an aromatic ring is 2. The summed E-state index contributed by atoms with van der Waals surface area (Å²) < 4.78 is 69.7. The highest BCUT2D eigenvalue weighted by atomic mass is 31.3. The number of likely N-dealkylation sites (N-methyl/N-ethyl adjacent to an activating group) is 1. The fraction of sp³-hybridized carbons (Fsp3) is 0.500. The molecule has 0 amide bonds. The first-order chi connectivity index (χ1) is 27.4. The Kier molecular flexibility index (Phi) is 13.2. The zero-order chi connectivity index (χ0) is 42.0. The van der Waals surface area contributed by atoms with E-state index in [1.165, 1.54) is 17.9 Å². The van der Waals surface area contributed by atoms with Crippen molar-refractivity contribution in [3.63, 3.8) is 0 Å². The number of aromatic amines is 2. The van der Waals surface area contributed by atoms with E-state index >= 15 is 0 Å². The number of phosphoric ester groups is 2. The molecule has 2 aliphatic heterocycles. The van der Waals surface area contributed by atoms with Crippen molar-refractivity contribution >= 4 is 58.0 Å². The third-order valence-electron chi connectivity index (χ3n) is 8.69. The molecular weight excluding hydrogens is 837 g/mol. The first-order valence-electron chi connectivity index (χ1n) is 17.2. The number of pyridine rings is 1. The summed E-state index contributed by atoms with van der Waals surface area (Å²) in [6.45, 7) is 1.07. The van der Waals surface area contributed by atoms with Gasteiger partial charge in [-0.15, -0.1) is 0 Å². The molecule has 0 radical (unpaired) electrons. The monoisotopic (exact) mass is 878 g/mol. The van der Waals surface area contributed by atoms with Gasteiger partial charge in [-0.05, 0) is 18.6 Å². The van der Waals surface area contributed by atoms with Crippen LogP contribution in [0.1, 0.15) is 25.1 Å². The van der Waals surface area contributed by atoms with E-state index in [0.717, 1.165) is 5.56 Å². The number of rotatable bonds is 17. The first kappa shape index (κ1) is 43.4. The van der Waals surface area contributed by atoms with Crippen LogP contribution in [0.25, 0.3) is 11.2 Å². The van der Waals surface area contributed by atoms with Crippen LogP contribution < -0.4 is 32.8 Å². The average molecular weight is 879 g/mol. The lowest BCUT2D eigenvalue weighted by Gasteiger charge is -2.43. The molecule has 27 nitrogen and oxygen atoms in total. The van der Waals surface area contributed by atoms with Gasteiger partial charge >= 0.3 is 23.5 Å². The molecule has 11 N–H and O–H groups in total. The van der Waals surface area contributed by atoms with Crippen LogP contribution in [0, 0.1) is 0 Å². The summed E-state index contributed by atoms with van der Waals surface area (Å²) in [5.74, 6) is -0.211. The van der Waals surface area contributed by atoms with Crippen LogP contribution in [-0.2, 0) is 47.4 Å². The van der Waals surface area contributed by atoms with Gasteiger partial charge in [-0.1, -0.05) is 6.07 Å². The molecule has 6 heterocycles. The van der Waals surface area contributed by atoms with Gasteiger partial charge in [0.25, 0.3) is 11.1 Å². The summed E-state index contributed by atoms with van der Waals surface area (Å²) in [6, 6.07) is 3.57. The van der Waals surface area contributed by atoms with E-state index in [0.29, 0.717) is 6.54 Å². The molecular formula is C28H41N12O15P3. The van der Waals surface area contributed by atoms with Crippen molar-refractivity contribution in [2.75, 3.05) is 61.6 Å². The third kappa shape index (κ3) is 10.5. The number of nitrogens with one attached hydrogen (secondary N) is 3. The van der Waals surface area contributed by atoms with Crippen LogP contribution in [-0.4, -0.2) is 124 Å². The molecule has 4 aromatic heterocycles. The number of hydrogen-bond donors (Lipinski definition) is 9. The van der Waals surface area contributed by atoms with E-state index in [1.54, 1.807) is 30.3 Å². The van der Waals surface area contributed by atoms with Crippen LogP contribution >= 0.6 is 23.5 Å². The number of ether oxygens (including phenoxy) is 2. The number of aliphatic hydroxyl groups excluding tert-OH is 1. The summed E-state index contributed by atoms with van der Waals surface area (Å²) in [6.07, 6.45) is -1.20. The second-order valence-electron chi connectivity index (χ2n) is 12.8. The maximum Gasteiger partial charge on any atom is 0.490 e. The molecule has 318 valence electrons. The second-order valence-corrected chi connectivity index (χ2v) is 17.5. The van der Waals surface area contributed by atoms with Crippen molar-refractivity contribution in [2.24, 2.45) is 0 Å². The minimum atomic E-state index is -5.89. The lowest BCUT2D eigenvalue weighted by Crippen LogP contribution is -2.55. The van der Waals surface area contributed by atoms with Gasteiger partial charge in [0, 0.05) is 52.0 Å². The van der Waals surface area contributed by atoms with E-state index in [9.17, 15) is 43.1 Å². The fourth-order valence-electron chi connectivity index (χ4n) is 6.29. The Labute approximate surface area is 327 Å². The number of aromatic nitrogens is 7. The summed E-state index contributed by atoms with van der Waals surface area (Å²) in [4.78, 5) is 80.2. The molecule has 2 saturated heterocycles. The summed E-state index contributed by atoms with van der Waals surface area (Å²) in [5, 5.41) is 13.3. The zero-order valence-electron chi connectivity index (χ0n) is 30.6. The lowest BCUT2D eigenvalue weighted by atomic mass is 10.2. The van der Waals surface area contributed by atoms with Gasteiger partial charge in [0.2, 0.25) is 11.9 Å². The number of nitrogens with two attached hydrogens (primary N) is 2. The lowest BCUT2D eigenvalue weighted by molar-refractivity contribution is -0.104. The minimum Gasteiger partial charge on any atom is -0.390 e. The number of anilines is 4. The number of imidazole rings is 1. The van der Waals surface area contributed by atoms with Crippen molar-refractivity contribution in [1.29, 1.82) is 0 Å². The first-order valence-corrected chi connectivity index (χ1v) is 21.7. The predicted molar refractivity (Wildman–Crippen MR) is 201 cm³/mol. The third-order valence-corrected chi connectivity index (χ3v) is 12.9. The van der Waals surface area contributed by atoms with Crippen LogP contribution in [0.3, 0.4) is 0 Å². The Balaban J connectivity index is 1.07. The normalized spacial score (nSPS) is 24.6. The maximum atomic E-state index is 12.9. The fourth-order valence-corrected chi connectivity index (χ4v) is 9.83. The SMILES string of the molecule is CCN(c1nc(N)[nH]c(=O)c1NC)C1CN(Cc2cccnc2)CC(COP(=O)(O)OP(=O)(O)OP(=O)(O)OCC2OC(n3cnc4c(=O)[nH]c(N)nc43)C[C@@H]2O)O1. The minimum absolute atomic E-state index is 0.0288. The number of H-pyrrole nitrogens is 2. The number of morpholine rings is 1. The summed E-state index contributed by atoms with van der Waals surface area (Å²) >= 11 is 0. The topological polar surface area (TPSA) is 380 Å². The molecule has 58 heavy (non-hydrogen) atoms. The number of phosphoric acid groups is 3. The molecule has 0 aliphatic carbocycles. The van der Waals surface area contributed by atoms with Gasteiger partial charge in [0.05, 0.1) is 31.7 Å². The number of hydrogen-bond acceptors (Lipinski definition) is 21. The quantitative estimate of drug-likeness (QED) is 0.0608. The summed E-state index contributed by atoms with van der Waals surface area (Å²) in [5.41, 5.74) is 11.2. The molecule has 4 aromatic rings. The van der Waals surface area contributed by atoms with Crippen LogP contribution in [0.5, 0.6) is 0 Å². The van der Waals surface area contributed by atoms with E-state index in [2.05, 4.69) is 43.8 Å². The largest absolute Gasteiger partial charge is 0.490 e. The van der Waals surface area contributed by atoms with Crippen LogP contribution in [0.2, 0.25) is 0 Å². The standard InChI is InChI=1S/C28H41N12O15P3/c1-3-39(23-21(31-2)25(42)36-27(29)34-23)20-11-38(9-15-5-4-6-32-8-15)10-16(52-20)12-50-56(44,45)54-58(48,49)55-57(46,47)51-13-18-17(41)7-19(53-18)40-14-33-22-24(40)35-28(30)37-26(22)43/h4-6,8,14,16-20,31,41H,3,7,9-13H2,1-2H3,(H,44,45)(H,46,47)(H,48,49)(H3,29,34,36,42)(H3,30,35,37,43)/t16?,17-,18?,19?,20?/m0/s1. The molecule has 2 fully saturated rings. The van der Waals surface area contributed by atoms with Crippen LogP contribution in [0.15, 0.2) is 40.4 Å². The van der Waals surface area contributed by atoms with Crippen molar-refractivity contribution in [1.82, 2.24) is 39.4 Å². The van der Waals surface area contributed by atoms with Crippen molar-refractivity contribution in [3.8, 4) is 0 Å². The summed E-state index contributed by atoms with van der Waals surface area (Å²) in [7, 11) is -15.5. The zero-order valence-corrected chi connectivity index (χ0v) is 33.3. The van der Waals surface area contributed by atoms with E-state index in [-0.39, 0.29) is 60.6 Å². The van der Waals surface area contributed by atoms with Gasteiger partial charge in [0.1, 0.15) is 24.2 Å². The van der Waals surface area contributed by atoms with Gasteiger partial charge in [0.15, 0.2) is 17.0 Å². The van der Waals surface area contributed by atoms with Gasteiger partial charge < -0.3 is 50.9 Å². The molecule has 0 bridgehead atoms. The van der Waals surface area contributed by atoms with Crippen molar-refractivity contribution in [3.05, 3.63) is 57.1 Å². The van der Waals surface area contributed by atoms with Crippen molar-refractivity contribution < 1.29 is 60.6 Å². The predicted octanol–water partition coefficient (Wildman–Crippen LogP) is -0.426. The van der Waals surface area contributed by atoms with Gasteiger partial charge in [-0.2, -0.15) is 18.6 Å². The molecule has 30 heteroatoms. The molecule has 6 rings (SSSR count). The van der Waals surface area contributed by atoms with Crippen molar-refractivity contribution in [2.45, 2.75) is 50.7 Å². The smallest absolute Gasteiger partial charge is 0.390 e. The van der Waals surface area contributed by atoms with Crippen LogP contribution in [0.4, 0.5) is 23.4 Å². The molecule has 2 aliphatic rings. The highest BCUT2D eigenvalue weighted by Gasteiger charge is 2.45. The van der Waals surface area contributed by atoms with Gasteiger partial charge in [-0.25, -0.2) is 18.7 Å². The number of nitrogens with zero attached hydrogens (tertiary/aromatic N) is 7. The Hall–Kier alpha value is -4.17. The second kappa shape index (κ2) is 17.6. The number of fused-ring (bicyclic) bond motifs is 1. The molecule has 0 saturated carbocycles. The Morgan fingerprint density at radius 1 is 1.00 bits per heavy atom. The molecule has 7 unspecified atom stereocenters. The van der Waals surface area contributed by atoms with E-state index in [1.807, 2.05) is 11.0 Å². The Morgan fingerprint density at radius 2 is 1.69 bits per heavy atom.